The number of hydrogen-bond donors (Lipinski definition) is 1. The zero-order valence-electron chi connectivity index (χ0n) is 12.6. The van der Waals surface area contributed by atoms with E-state index in [2.05, 4.69) is 25.2 Å². The number of pyridine rings is 1. The highest BCUT2D eigenvalue weighted by molar-refractivity contribution is 5.92. The van der Waals surface area contributed by atoms with Gasteiger partial charge < -0.3 is 10.2 Å². The molecule has 3 heterocycles. The molecule has 0 unspecified atom stereocenters. The molecule has 2 aromatic heterocycles. The Morgan fingerprint density at radius 1 is 1.18 bits per heavy atom. The fourth-order valence-corrected chi connectivity index (χ4v) is 2.64. The van der Waals surface area contributed by atoms with Gasteiger partial charge in [-0.2, -0.15) is 0 Å². The molecule has 22 heavy (non-hydrogen) atoms. The Morgan fingerprint density at radius 2 is 2.00 bits per heavy atom. The van der Waals surface area contributed by atoms with Crippen LogP contribution in [0.4, 0.5) is 5.82 Å². The van der Waals surface area contributed by atoms with Crippen LogP contribution in [0.3, 0.4) is 0 Å². The summed E-state index contributed by atoms with van der Waals surface area (Å²) in [7, 11) is 0. The van der Waals surface area contributed by atoms with Crippen molar-refractivity contribution in [3.05, 3.63) is 48.2 Å². The summed E-state index contributed by atoms with van der Waals surface area (Å²) in [5.74, 6) is 1.48. The molecule has 1 saturated heterocycles. The van der Waals surface area contributed by atoms with Gasteiger partial charge in [-0.1, -0.05) is 6.07 Å². The Bertz CT molecular complexity index is 638. The number of carbonyl (C=O) groups is 1. The van der Waals surface area contributed by atoms with Gasteiger partial charge in [-0.25, -0.2) is 15.0 Å². The minimum absolute atomic E-state index is 0.123. The molecule has 0 radical (unpaired) electrons. The second kappa shape index (κ2) is 6.51. The van der Waals surface area contributed by atoms with Crippen LogP contribution in [0.25, 0.3) is 0 Å². The van der Waals surface area contributed by atoms with Crippen LogP contribution < -0.4 is 10.2 Å². The van der Waals surface area contributed by atoms with Crippen molar-refractivity contribution in [3.8, 4) is 0 Å². The van der Waals surface area contributed by atoms with Crippen molar-refractivity contribution in [2.45, 2.75) is 25.8 Å². The van der Waals surface area contributed by atoms with Crippen molar-refractivity contribution in [1.82, 2.24) is 20.3 Å². The molecule has 6 nitrogen and oxygen atoms in total. The van der Waals surface area contributed by atoms with Crippen molar-refractivity contribution in [3.63, 3.8) is 0 Å². The average molecular weight is 297 g/mol. The summed E-state index contributed by atoms with van der Waals surface area (Å²) < 4.78 is 0. The van der Waals surface area contributed by atoms with Gasteiger partial charge in [-0.3, -0.25) is 4.79 Å². The van der Waals surface area contributed by atoms with Crippen LogP contribution in [0.1, 0.15) is 29.2 Å². The Labute approximate surface area is 129 Å². The predicted molar refractivity (Wildman–Crippen MR) is 83.7 cm³/mol. The van der Waals surface area contributed by atoms with Crippen LogP contribution in [0.5, 0.6) is 0 Å². The molecule has 3 rings (SSSR count). The van der Waals surface area contributed by atoms with Crippen LogP contribution >= 0.6 is 0 Å². The summed E-state index contributed by atoms with van der Waals surface area (Å²) >= 11 is 0. The van der Waals surface area contributed by atoms with Crippen LogP contribution in [0.2, 0.25) is 0 Å². The van der Waals surface area contributed by atoms with E-state index in [9.17, 15) is 4.79 Å². The van der Waals surface area contributed by atoms with E-state index < -0.39 is 0 Å². The van der Waals surface area contributed by atoms with Crippen molar-refractivity contribution in [2.24, 2.45) is 0 Å². The maximum atomic E-state index is 12.2. The third-order valence-corrected chi connectivity index (χ3v) is 3.81. The first-order chi connectivity index (χ1) is 10.7. The molecule has 0 spiro atoms. The fourth-order valence-electron chi connectivity index (χ4n) is 2.64. The highest BCUT2D eigenvalue weighted by Crippen LogP contribution is 2.17. The number of piperidine rings is 1. The van der Waals surface area contributed by atoms with E-state index in [1.54, 1.807) is 25.4 Å². The molecule has 0 aliphatic carbocycles. The van der Waals surface area contributed by atoms with E-state index in [0.29, 0.717) is 11.5 Å². The van der Waals surface area contributed by atoms with Crippen LogP contribution in [0, 0.1) is 6.92 Å². The smallest absolute Gasteiger partial charge is 0.270 e. The Kier molecular flexibility index (Phi) is 4.27. The number of amides is 1. The summed E-state index contributed by atoms with van der Waals surface area (Å²) in [6.07, 6.45) is 5.24. The number of anilines is 1. The minimum Gasteiger partial charge on any atom is -0.356 e. The lowest BCUT2D eigenvalue weighted by Gasteiger charge is -2.33. The van der Waals surface area contributed by atoms with E-state index in [1.165, 1.54) is 0 Å². The van der Waals surface area contributed by atoms with E-state index >= 15 is 0 Å². The monoisotopic (exact) mass is 297 g/mol. The Balaban J connectivity index is 1.55. The van der Waals surface area contributed by atoms with Crippen molar-refractivity contribution >= 4 is 11.7 Å². The highest BCUT2D eigenvalue weighted by atomic mass is 16.1. The standard InChI is InChI=1S/C16H19N5O/c1-12-17-9-5-14(19-12)16(22)20-13-6-10-21(11-7-13)15-4-2-3-8-18-15/h2-5,8-9,13H,6-7,10-11H2,1H3,(H,20,22). The SMILES string of the molecule is Cc1nccc(C(=O)NC2CCN(c3ccccn3)CC2)n1. The molecule has 114 valence electrons. The van der Waals surface area contributed by atoms with Gasteiger partial charge in [-0.15, -0.1) is 0 Å². The first kappa shape index (κ1) is 14.4. The number of nitrogens with zero attached hydrogens (tertiary/aromatic N) is 4. The lowest BCUT2D eigenvalue weighted by atomic mass is 10.0. The highest BCUT2D eigenvalue weighted by Gasteiger charge is 2.22. The molecule has 6 heteroatoms. The number of nitrogens with one attached hydrogen (secondary N) is 1. The van der Waals surface area contributed by atoms with Crippen molar-refractivity contribution < 1.29 is 4.79 Å². The Hall–Kier alpha value is -2.50. The molecule has 0 saturated carbocycles. The van der Waals surface area contributed by atoms with Gasteiger partial charge >= 0.3 is 0 Å². The summed E-state index contributed by atoms with van der Waals surface area (Å²) in [5, 5.41) is 3.06. The van der Waals surface area contributed by atoms with E-state index in [1.807, 2.05) is 18.2 Å². The Morgan fingerprint density at radius 3 is 2.68 bits per heavy atom. The van der Waals surface area contributed by atoms with Gasteiger partial charge in [0, 0.05) is 31.5 Å². The van der Waals surface area contributed by atoms with Gasteiger partial charge in [0.15, 0.2) is 0 Å². The molecule has 2 aromatic rings. The van der Waals surface area contributed by atoms with Crippen LogP contribution in [-0.2, 0) is 0 Å². The number of rotatable bonds is 3. The summed E-state index contributed by atoms with van der Waals surface area (Å²) in [6, 6.07) is 7.75. The minimum atomic E-state index is -0.123. The maximum absolute atomic E-state index is 12.2. The number of hydrogen-bond acceptors (Lipinski definition) is 5. The van der Waals surface area contributed by atoms with Crippen LogP contribution in [0.15, 0.2) is 36.7 Å². The van der Waals surface area contributed by atoms with Crippen molar-refractivity contribution in [2.75, 3.05) is 18.0 Å². The van der Waals surface area contributed by atoms with E-state index in [4.69, 9.17) is 0 Å². The number of carbonyl (C=O) groups excluding carboxylic acids is 1. The molecular weight excluding hydrogens is 278 g/mol. The molecule has 1 aliphatic heterocycles. The third-order valence-electron chi connectivity index (χ3n) is 3.81. The molecule has 1 fully saturated rings. The molecule has 0 aromatic carbocycles. The number of aromatic nitrogens is 3. The molecule has 1 amide bonds. The van der Waals surface area contributed by atoms with Gasteiger partial charge in [0.1, 0.15) is 17.3 Å². The van der Waals surface area contributed by atoms with Crippen LogP contribution in [-0.4, -0.2) is 40.0 Å². The average Bonchev–Trinajstić information content (AvgIpc) is 2.56. The lowest BCUT2D eigenvalue weighted by molar-refractivity contribution is 0.0925. The number of aryl methyl sites for hydroxylation is 1. The summed E-state index contributed by atoms with van der Waals surface area (Å²) in [5.41, 5.74) is 0.430. The van der Waals surface area contributed by atoms with Gasteiger partial charge in [-0.05, 0) is 38.0 Å². The third kappa shape index (κ3) is 3.39. The second-order valence-corrected chi connectivity index (χ2v) is 5.41. The predicted octanol–water partition coefficient (Wildman–Crippen LogP) is 1.58. The molecule has 0 bridgehead atoms. The molecule has 1 N–H and O–H groups in total. The lowest BCUT2D eigenvalue weighted by Crippen LogP contribution is -2.45. The van der Waals surface area contributed by atoms with Gasteiger partial charge in [0.2, 0.25) is 0 Å². The largest absolute Gasteiger partial charge is 0.356 e. The molecular formula is C16H19N5O. The van der Waals surface area contributed by atoms with E-state index in [-0.39, 0.29) is 11.9 Å². The second-order valence-electron chi connectivity index (χ2n) is 5.41. The quantitative estimate of drug-likeness (QED) is 0.931. The fraction of sp³-hybridized carbons (Fsp3) is 0.375. The topological polar surface area (TPSA) is 71.0 Å². The first-order valence-electron chi connectivity index (χ1n) is 7.49. The first-order valence-corrected chi connectivity index (χ1v) is 7.49. The van der Waals surface area contributed by atoms with E-state index in [0.717, 1.165) is 31.7 Å². The van der Waals surface area contributed by atoms with Gasteiger partial charge in [0.05, 0.1) is 0 Å². The maximum Gasteiger partial charge on any atom is 0.270 e. The molecule has 0 atom stereocenters. The summed E-state index contributed by atoms with van der Waals surface area (Å²) in [4.78, 5) is 27.0. The zero-order chi connectivity index (χ0) is 15.4. The summed E-state index contributed by atoms with van der Waals surface area (Å²) in [6.45, 7) is 3.57. The van der Waals surface area contributed by atoms with Gasteiger partial charge in [0.25, 0.3) is 5.91 Å². The van der Waals surface area contributed by atoms with Crippen molar-refractivity contribution in [1.29, 1.82) is 0 Å². The molecule has 1 aliphatic rings. The normalized spacial score (nSPS) is 15.6. The zero-order valence-corrected chi connectivity index (χ0v) is 12.6.